The van der Waals surface area contributed by atoms with Crippen molar-refractivity contribution in [1.82, 2.24) is 15.8 Å². The molecule has 1 aliphatic rings. The summed E-state index contributed by atoms with van der Waals surface area (Å²) in [6.45, 7) is 4.47. The number of nitrogens with one attached hydrogen (secondary N) is 2. The summed E-state index contributed by atoms with van der Waals surface area (Å²) in [5.74, 6) is 1.45. The Kier molecular flexibility index (Phi) is 4.75. The van der Waals surface area contributed by atoms with Crippen LogP contribution in [0, 0.1) is 12.8 Å². The van der Waals surface area contributed by atoms with Gasteiger partial charge in [-0.3, -0.25) is 4.79 Å². The first kappa shape index (κ1) is 13.1. The maximum atomic E-state index is 11.7. The Bertz CT molecular complexity index is 383. The normalized spacial score (nSPS) is 19.7. The molecule has 1 amide bonds. The minimum Gasteiger partial charge on any atom is -0.359 e. The fraction of sp³-hybridized carbons (Fsp3) is 0.692. The number of carbonyl (C=O) groups is 1. The number of carbonyl (C=O) groups excluding carboxylic acids is 1. The van der Waals surface area contributed by atoms with Gasteiger partial charge in [-0.25, -0.2) is 0 Å². The van der Waals surface area contributed by atoms with Crippen LogP contribution in [0.3, 0.4) is 0 Å². The summed E-state index contributed by atoms with van der Waals surface area (Å²) < 4.78 is 5.03. The van der Waals surface area contributed by atoms with Crippen molar-refractivity contribution in [3.05, 3.63) is 17.5 Å². The molecule has 1 aromatic rings. The molecule has 1 aromatic heterocycles. The minimum absolute atomic E-state index is 0.0922. The van der Waals surface area contributed by atoms with Crippen LogP contribution in [0.25, 0.3) is 0 Å². The largest absolute Gasteiger partial charge is 0.359 e. The van der Waals surface area contributed by atoms with Gasteiger partial charge in [0.1, 0.15) is 0 Å². The molecular weight excluding hydrogens is 230 g/mol. The summed E-state index contributed by atoms with van der Waals surface area (Å²) in [7, 11) is 0. The molecular formula is C13H21N3O2. The Balaban J connectivity index is 1.62. The summed E-state index contributed by atoms with van der Waals surface area (Å²) in [6, 6.07) is 1.84. The topological polar surface area (TPSA) is 67.2 Å². The van der Waals surface area contributed by atoms with Crippen molar-refractivity contribution in [3.63, 3.8) is 0 Å². The van der Waals surface area contributed by atoms with Crippen LogP contribution in [-0.4, -0.2) is 24.2 Å². The van der Waals surface area contributed by atoms with Gasteiger partial charge in [0.05, 0.1) is 12.2 Å². The summed E-state index contributed by atoms with van der Waals surface area (Å²) in [4.78, 5) is 11.7. The van der Waals surface area contributed by atoms with E-state index in [4.69, 9.17) is 4.52 Å². The molecule has 0 radical (unpaired) electrons. The molecule has 2 heterocycles. The zero-order valence-electron chi connectivity index (χ0n) is 10.9. The lowest BCUT2D eigenvalue weighted by molar-refractivity contribution is -0.121. The van der Waals surface area contributed by atoms with Crippen molar-refractivity contribution in [2.75, 3.05) is 13.1 Å². The van der Waals surface area contributed by atoms with Crippen LogP contribution < -0.4 is 10.6 Å². The van der Waals surface area contributed by atoms with Crippen molar-refractivity contribution in [2.24, 2.45) is 5.92 Å². The number of rotatable bonds is 5. The predicted molar refractivity (Wildman–Crippen MR) is 67.9 cm³/mol. The standard InChI is InChI=1S/C13H21N3O2/c1-10-7-12(18-16-10)9-15-13(17)5-4-11-3-2-6-14-8-11/h7,11,14H,2-6,8-9H2,1H3,(H,15,17). The maximum Gasteiger partial charge on any atom is 0.220 e. The van der Waals surface area contributed by atoms with Gasteiger partial charge in [-0.05, 0) is 45.2 Å². The molecule has 5 heteroatoms. The zero-order valence-corrected chi connectivity index (χ0v) is 10.9. The van der Waals surface area contributed by atoms with Crippen molar-refractivity contribution in [2.45, 2.75) is 39.2 Å². The van der Waals surface area contributed by atoms with E-state index < -0.39 is 0 Å². The van der Waals surface area contributed by atoms with Crippen LogP contribution in [-0.2, 0) is 11.3 Å². The highest BCUT2D eigenvalue weighted by Crippen LogP contribution is 2.15. The van der Waals surface area contributed by atoms with E-state index in [-0.39, 0.29) is 5.91 Å². The van der Waals surface area contributed by atoms with E-state index in [2.05, 4.69) is 15.8 Å². The van der Waals surface area contributed by atoms with Crippen LogP contribution in [0.1, 0.15) is 37.1 Å². The van der Waals surface area contributed by atoms with Gasteiger partial charge in [-0.2, -0.15) is 0 Å². The van der Waals surface area contributed by atoms with Crippen LogP contribution in [0.15, 0.2) is 10.6 Å². The lowest BCUT2D eigenvalue weighted by Gasteiger charge is -2.22. The molecule has 0 spiro atoms. The van der Waals surface area contributed by atoms with Crippen molar-refractivity contribution in [1.29, 1.82) is 0 Å². The third-order valence-electron chi connectivity index (χ3n) is 3.32. The Hall–Kier alpha value is -1.36. The van der Waals surface area contributed by atoms with E-state index in [1.807, 2.05) is 13.0 Å². The SMILES string of the molecule is Cc1cc(CNC(=O)CCC2CCCNC2)on1. The van der Waals surface area contributed by atoms with Crippen molar-refractivity contribution < 1.29 is 9.32 Å². The molecule has 0 saturated carbocycles. The molecule has 2 N–H and O–H groups in total. The van der Waals surface area contributed by atoms with E-state index >= 15 is 0 Å². The predicted octanol–water partition coefficient (Wildman–Crippen LogP) is 1.38. The zero-order chi connectivity index (χ0) is 12.8. The molecule has 18 heavy (non-hydrogen) atoms. The Morgan fingerprint density at radius 3 is 3.22 bits per heavy atom. The molecule has 1 aliphatic heterocycles. The van der Waals surface area contributed by atoms with Crippen molar-refractivity contribution >= 4 is 5.91 Å². The first-order chi connectivity index (χ1) is 8.74. The summed E-state index contributed by atoms with van der Waals surface area (Å²) in [5.41, 5.74) is 0.840. The first-order valence-electron chi connectivity index (χ1n) is 6.63. The van der Waals surface area contributed by atoms with E-state index in [1.165, 1.54) is 12.8 Å². The highest BCUT2D eigenvalue weighted by molar-refractivity contribution is 5.75. The minimum atomic E-state index is 0.0922. The smallest absolute Gasteiger partial charge is 0.220 e. The molecule has 1 fully saturated rings. The van der Waals surface area contributed by atoms with Crippen LogP contribution in [0.2, 0.25) is 0 Å². The van der Waals surface area contributed by atoms with Gasteiger partial charge < -0.3 is 15.2 Å². The van der Waals surface area contributed by atoms with Gasteiger partial charge in [0, 0.05) is 12.5 Å². The van der Waals surface area contributed by atoms with Gasteiger partial charge in [0.15, 0.2) is 5.76 Å². The summed E-state index contributed by atoms with van der Waals surface area (Å²) in [5, 5.41) is 10.0. The second-order valence-corrected chi connectivity index (χ2v) is 4.96. The van der Waals surface area contributed by atoms with Gasteiger partial charge >= 0.3 is 0 Å². The lowest BCUT2D eigenvalue weighted by atomic mass is 9.94. The van der Waals surface area contributed by atoms with E-state index in [9.17, 15) is 4.79 Å². The van der Waals surface area contributed by atoms with Gasteiger partial charge in [-0.1, -0.05) is 5.16 Å². The third-order valence-corrected chi connectivity index (χ3v) is 3.32. The molecule has 2 rings (SSSR count). The highest BCUT2D eigenvalue weighted by Gasteiger charge is 2.14. The van der Waals surface area contributed by atoms with Gasteiger partial charge in [0.25, 0.3) is 0 Å². The highest BCUT2D eigenvalue weighted by atomic mass is 16.5. The summed E-state index contributed by atoms with van der Waals surface area (Å²) >= 11 is 0. The van der Waals surface area contributed by atoms with Crippen LogP contribution in [0.4, 0.5) is 0 Å². The number of nitrogens with zero attached hydrogens (tertiary/aromatic N) is 1. The number of hydrogen-bond acceptors (Lipinski definition) is 4. The Morgan fingerprint density at radius 2 is 2.56 bits per heavy atom. The van der Waals surface area contributed by atoms with Gasteiger partial charge in [-0.15, -0.1) is 0 Å². The first-order valence-corrected chi connectivity index (χ1v) is 6.63. The van der Waals surface area contributed by atoms with Crippen LogP contribution >= 0.6 is 0 Å². The average molecular weight is 251 g/mol. The monoisotopic (exact) mass is 251 g/mol. The quantitative estimate of drug-likeness (QED) is 0.829. The maximum absolute atomic E-state index is 11.7. The second kappa shape index (κ2) is 6.54. The third kappa shape index (κ3) is 4.14. The summed E-state index contributed by atoms with van der Waals surface area (Å²) in [6.07, 6.45) is 4.03. The fourth-order valence-electron chi connectivity index (χ4n) is 2.28. The van der Waals surface area contributed by atoms with Gasteiger partial charge in [0.2, 0.25) is 5.91 Å². The lowest BCUT2D eigenvalue weighted by Crippen LogP contribution is -2.31. The molecule has 0 aliphatic carbocycles. The molecule has 1 saturated heterocycles. The molecule has 0 bridgehead atoms. The van der Waals surface area contributed by atoms with Crippen molar-refractivity contribution in [3.8, 4) is 0 Å². The fourth-order valence-corrected chi connectivity index (χ4v) is 2.28. The Labute approximate surface area is 107 Å². The molecule has 1 atom stereocenters. The van der Waals surface area contributed by atoms with E-state index in [0.29, 0.717) is 24.6 Å². The Morgan fingerprint density at radius 1 is 1.67 bits per heavy atom. The number of aromatic nitrogens is 1. The molecule has 1 unspecified atom stereocenters. The van der Waals surface area contributed by atoms with E-state index in [1.54, 1.807) is 0 Å². The average Bonchev–Trinajstić information content (AvgIpc) is 2.81. The number of hydrogen-bond donors (Lipinski definition) is 2. The van der Waals surface area contributed by atoms with Crippen LogP contribution in [0.5, 0.6) is 0 Å². The second-order valence-electron chi connectivity index (χ2n) is 4.96. The molecule has 100 valence electrons. The number of amides is 1. The number of piperidine rings is 1. The number of aryl methyl sites for hydroxylation is 1. The molecule has 5 nitrogen and oxygen atoms in total. The van der Waals surface area contributed by atoms with E-state index in [0.717, 1.165) is 25.2 Å². The molecule has 0 aromatic carbocycles.